The number of anilines is 2. The molecule has 3 aromatic rings. The molecule has 0 saturated carbocycles. The fourth-order valence-electron chi connectivity index (χ4n) is 4.07. The van der Waals surface area contributed by atoms with Crippen LogP contribution in [-0.4, -0.2) is 64.8 Å². The smallest absolute Gasteiger partial charge is 0.368 e. The van der Waals surface area contributed by atoms with E-state index in [0.717, 1.165) is 19.2 Å². The molecule has 2 aromatic heterocycles. The van der Waals surface area contributed by atoms with Crippen molar-refractivity contribution in [3.63, 3.8) is 0 Å². The summed E-state index contributed by atoms with van der Waals surface area (Å²) in [5.41, 5.74) is 0.0988. The minimum atomic E-state index is -4.94. The van der Waals surface area contributed by atoms with Crippen LogP contribution in [0, 0.1) is 12.7 Å². The Hall–Kier alpha value is -3.45. The molecular weight excluding hydrogens is 506 g/mol. The predicted octanol–water partition coefficient (Wildman–Crippen LogP) is 3.57. The maximum absolute atomic E-state index is 13.5. The minimum Gasteiger partial charge on any atom is -0.368 e. The highest BCUT2D eigenvalue weighted by Crippen LogP contribution is 2.34. The second-order valence-electron chi connectivity index (χ2n) is 8.32. The van der Waals surface area contributed by atoms with Crippen LogP contribution in [0.5, 0.6) is 0 Å². The van der Waals surface area contributed by atoms with Crippen molar-refractivity contribution in [2.24, 2.45) is 7.05 Å². The van der Waals surface area contributed by atoms with Gasteiger partial charge in [-0.1, -0.05) is 0 Å². The number of nitrogens with one attached hydrogen (secondary N) is 2. The van der Waals surface area contributed by atoms with Gasteiger partial charge in [0, 0.05) is 45.1 Å². The van der Waals surface area contributed by atoms with Crippen molar-refractivity contribution >= 4 is 46.8 Å². The van der Waals surface area contributed by atoms with E-state index < -0.39 is 29.5 Å². The number of nitrogens with zero attached hydrogens (tertiary/aromatic N) is 5. The lowest BCUT2D eigenvalue weighted by molar-refractivity contribution is -0.139. The van der Waals surface area contributed by atoms with Crippen molar-refractivity contribution in [2.45, 2.75) is 13.1 Å². The van der Waals surface area contributed by atoms with Crippen LogP contribution >= 0.6 is 12.4 Å². The summed E-state index contributed by atoms with van der Waals surface area (Å²) in [6, 6.07) is 0.954. The molecule has 0 spiro atoms. The number of aromatic nitrogens is 3. The molecule has 0 aliphatic carbocycles. The van der Waals surface area contributed by atoms with Gasteiger partial charge in [0.15, 0.2) is 5.65 Å². The second-order valence-corrected chi connectivity index (χ2v) is 8.32. The molecule has 1 aliphatic heterocycles. The summed E-state index contributed by atoms with van der Waals surface area (Å²) in [7, 11) is 3.73. The number of piperazine rings is 1. The number of hydrogen-bond acceptors (Lipinski definition) is 6. The molecule has 0 unspecified atom stereocenters. The van der Waals surface area contributed by atoms with Crippen molar-refractivity contribution in [1.82, 2.24) is 25.0 Å². The van der Waals surface area contributed by atoms with Crippen LogP contribution in [0.25, 0.3) is 11.0 Å². The number of pyridine rings is 1. The minimum absolute atomic E-state index is 0. The van der Waals surface area contributed by atoms with Gasteiger partial charge in [0.1, 0.15) is 5.82 Å². The van der Waals surface area contributed by atoms with E-state index in [1.165, 1.54) is 6.20 Å². The van der Waals surface area contributed by atoms with E-state index in [4.69, 9.17) is 0 Å². The highest BCUT2D eigenvalue weighted by molar-refractivity contribution is 6.13. The Morgan fingerprint density at radius 3 is 2.39 bits per heavy atom. The quantitative estimate of drug-likeness (QED) is 0.504. The summed E-state index contributed by atoms with van der Waals surface area (Å²) >= 11 is 0. The lowest BCUT2D eigenvalue weighted by Crippen LogP contribution is -2.45. The highest BCUT2D eigenvalue weighted by Gasteiger charge is 2.34. The number of fused-ring (bicyclic) bond motifs is 1. The average Bonchev–Trinajstić information content (AvgIpc) is 3.07. The van der Waals surface area contributed by atoms with Crippen LogP contribution in [0.3, 0.4) is 0 Å². The maximum Gasteiger partial charge on any atom is 0.419 e. The third-order valence-corrected chi connectivity index (χ3v) is 5.82. The van der Waals surface area contributed by atoms with Crippen LogP contribution in [0.2, 0.25) is 0 Å². The topological polar surface area (TPSA) is 95.4 Å². The third kappa shape index (κ3) is 5.36. The molecule has 4 rings (SSSR count). The van der Waals surface area contributed by atoms with E-state index in [1.54, 1.807) is 18.7 Å². The molecule has 194 valence electrons. The average molecular weight is 530 g/mol. The number of urea groups is 1. The molecule has 3 amide bonds. The molecule has 1 aliphatic rings. The number of benzene rings is 1. The van der Waals surface area contributed by atoms with Crippen LogP contribution in [-0.2, 0) is 13.2 Å². The van der Waals surface area contributed by atoms with Crippen LogP contribution in [0.15, 0.2) is 24.4 Å². The number of aryl methyl sites for hydroxylation is 2. The first-order chi connectivity index (χ1) is 16.5. The van der Waals surface area contributed by atoms with Gasteiger partial charge in [-0.3, -0.25) is 14.8 Å². The Bertz CT molecular complexity index is 1300. The van der Waals surface area contributed by atoms with E-state index in [0.29, 0.717) is 47.6 Å². The lowest BCUT2D eigenvalue weighted by atomic mass is 10.1. The standard InChI is InChI=1S/C22H23F4N7O2.ClH/c1-12-17-18(33-8-6-31(2)7-9-33)14(11-27-19(17)32(3)30-12)20(34)29-21(35)28-13-4-5-16(23)15(10-13)22(24,25)26;/h4-5,10-11H,6-9H2,1-3H3,(H2,28,29,34,35);1H. The van der Waals surface area contributed by atoms with Crippen molar-refractivity contribution in [2.75, 3.05) is 43.4 Å². The number of carbonyl (C=O) groups is 2. The number of rotatable bonds is 3. The third-order valence-electron chi connectivity index (χ3n) is 5.82. The van der Waals surface area contributed by atoms with E-state index >= 15 is 0 Å². The largest absolute Gasteiger partial charge is 0.419 e. The molecule has 1 aromatic carbocycles. The molecule has 9 nitrogen and oxygen atoms in total. The van der Waals surface area contributed by atoms with Gasteiger partial charge >= 0.3 is 12.2 Å². The molecule has 2 N–H and O–H groups in total. The first-order valence-corrected chi connectivity index (χ1v) is 10.7. The van der Waals surface area contributed by atoms with Crippen molar-refractivity contribution in [1.29, 1.82) is 0 Å². The van der Waals surface area contributed by atoms with E-state index in [1.807, 2.05) is 11.9 Å². The Balaban J connectivity index is 0.00000361. The van der Waals surface area contributed by atoms with Gasteiger partial charge in [0.25, 0.3) is 5.91 Å². The summed E-state index contributed by atoms with van der Waals surface area (Å²) < 4.78 is 54.0. The SMILES string of the molecule is Cc1nn(C)c2ncc(C(=O)NC(=O)Nc3ccc(F)c(C(F)(F)F)c3)c(N3CCN(C)CC3)c12.Cl. The van der Waals surface area contributed by atoms with E-state index in [9.17, 15) is 27.2 Å². The number of carbonyl (C=O) groups excluding carboxylic acids is 2. The van der Waals surface area contributed by atoms with Crippen LogP contribution < -0.4 is 15.5 Å². The molecule has 0 atom stereocenters. The summed E-state index contributed by atoms with van der Waals surface area (Å²) in [6.07, 6.45) is -3.59. The van der Waals surface area contributed by atoms with Crippen molar-refractivity contribution in [3.8, 4) is 0 Å². The van der Waals surface area contributed by atoms with Crippen LogP contribution in [0.4, 0.5) is 33.7 Å². The van der Waals surface area contributed by atoms with Gasteiger partial charge in [0.05, 0.1) is 27.9 Å². The lowest BCUT2D eigenvalue weighted by Gasteiger charge is -2.35. The molecule has 14 heteroatoms. The zero-order valence-electron chi connectivity index (χ0n) is 19.6. The van der Waals surface area contributed by atoms with Crippen molar-refractivity contribution in [3.05, 3.63) is 47.0 Å². The number of halogens is 5. The van der Waals surface area contributed by atoms with Crippen LogP contribution in [0.1, 0.15) is 21.6 Å². The predicted molar refractivity (Wildman–Crippen MR) is 128 cm³/mol. The molecule has 1 fully saturated rings. The highest BCUT2D eigenvalue weighted by atomic mass is 35.5. The van der Waals surface area contributed by atoms with Gasteiger partial charge < -0.3 is 15.1 Å². The normalized spacial score (nSPS) is 14.5. The summed E-state index contributed by atoms with van der Waals surface area (Å²) in [5.74, 6) is -2.25. The molecule has 3 heterocycles. The summed E-state index contributed by atoms with van der Waals surface area (Å²) in [6.45, 7) is 4.58. The van der Waals surface area contributed by atoms with Gasteiger partial charge in [-0.05, 0) is 32.2 Å². The van der Waals surface area contributed by atoms with E-state index in [2.05, 4.69) is 25.6 Å². The van der Waals surface area contributed by atoms with Gasteiger partial charge in [-0.2, -0.15) is 18.3 Å². The molecule has 36 heavy (non-hydrogen) atoms. The maximum atomic E-state index is 13.5. The molecule has 0 radical (unpaired) electrons. The van der Waals surface area contributed by atoms with Gasteiger partial charge in [0.2, 0.25) is 0 Å². The van der Waals surface area contributed by atoms with Gasteiger partial charge in [-0.25, -0.2) is 14.2 Å². The zero-order valence-corrected chi connectivity index (χ0v) is 20.4. The fraction of sp³-hybridized carbons (Fsp3) is 0.364. The number of amides is 3. The van der Waals surface area contributed by atoms with Crippen molar-refractivity contribution < 1.29 is 27.2 Å². The first-order valence-electron chi connectivity index (χ1n) is 10.7. The summed E-state index contributed by atoms with van der Waals surface area (Å²) in [4.78, 5) is 34.0. The molecule has 0 bridgehead atoms. The monoisotopic (exact) mass is 529 g/mol. The van der Waals surface area contributed by atoms with Gasteiger partial charge in [-0.15, -0.1) is 12.4 Å². The second kappa shape index (κ2) is 10.3. The Labute approximate surface area is 209 Å². The number of hydrogen-bond donors (Lipinski definition) is 2. The number of alkyl halides is 3. The van der Waals surface area contributed by atoms with E-state index in [-0.39, 0.29) is 23.7 Å². The summed E-state index contributed by atoms with van der Waals surface area (Å²) in [5, 5.41) is 9.35. The molecule has 1 saturated heterocycles. The zero-order chi connectivity index (χ0) is 25.5. The number of likely N-dealkylation sites (N-methyl/N-ethyl adjacent to an activating group) is 1. The Morgan fingerprint density at radius 2 is 1.75 bits per heavy atom. The fourth-order valence-corrected chi connectivity index (χ4v) is 4.07. The Morgan fingerprint density at radius 1 is 1.08 bits per heavy atom. The Kier molecular flexibility index (Phi) is 7.74. The molecular formula is C22H24ClF4N7O2. The number of imide groups is 1. The first kappa shape index (κ1) is 27.1.